The molecule has 0 radical (unpaired) electrons. The van der Waals surface area contributed by atoms with Gasteiger partial charge >= 0.3 is 0 Å². The first-order valence-corrected chi connectivity index (χ1v) is 12.1. The van der Waals surface area contributed by atoms with Crippen LogP contribution < -0.4 is 0 Å². The highest BCUT2D eigenvalue weighted by atomic mass is 28.3. The molecule has 2 nitrogen and oxygen atoms in total. The first-order valence-electron chi connectivity index (χ1n) is 8.50. The predicted octanol–water partition coefficient (Wildman–Crippen LogP) is 4.07. The number of rotatable bonds is 4. The Bertz CT molecular complexity index is 555. The molecule has 1 unspecified atom stereocenters. The average molecular weight is 314 g/mol. The topological polar surface area (TPSA) is 20.3 Å². The summed E-state index contributed by atoms with van der Waals surface area (Å²) in [5.41, 5.74) is 3.73. The zero-order valence-corrected chi connectivity index (χ0v) is 15.0. The van der Waals surface area contributed by atoms with Gasteiger partial charge in [0.25, 0.3) is 0 Å². The summed E-state index contributed by atoms with van der Waals surface area (Å²) >= 11 is 0. The molecule has 2 fully saturated rings. The van der Waals surface area contributed by atoms with Gasteiger partial charge in [-0.15, -0.1) is 0 Å². The van der Waals surface area contributed by atoms with Crippen molar-refractivity contribution in [2.75, 3.05) is 13.1 Å². The fourth-order valence-corrected chi connectivity index (χ4v) is 4.34. The number of carbonyl (C=O) groups is 1. The van der Waals surface area contributed by atoms with Crippen LogP contribution in [0.1, 0.15) is 24.3 Å². The third-order valence-corrected chi connectivity index (χ3v) is 5.97. The first kappa shape index (κ1) is 15.5. The highest BCUT2D eigenvalue weighted by Crippen LogP contribution is 2.56. The van der Waals surface area contributed by atoms with E-state index in [0.29, 0.717) is 17.7 Å². The first-order chi connectivity index (χ1) is 10.5. The molecule has 1 aliphatic heterocycles. The standard InChI is InChI=1S/C19H27NOSi/c1-22(2,3)14-11-16-17(15-9-5-4-6-10-15)18(16)19(21)20-12-7-8-13-20/h4-6,9-11,14,16-18H,7-8,12-13H2,1-3H3/b14-11+/t16?,17-,18-/m0/s1. The van der Waals surface area contributed by atoms with Crippen LogP contribution in [-0.2, 0) is 4.79 Å². The molecule has 1 aliphatic carbocycles. The van der Waals surface area contributed by atoms with E-state index in [1.807, 2.05) is 0 Å². The minimum absolute atomic E-state index is 0.174. The molecule has 3 rings (SSSR count). The van der Waals surface area contributed by atoms with E-state index in [4.69, 9.17) is 0 Å². The summed E-state index contributed by atoms with van der Waals surface area (Å²) in [6.45, 7) is 8.96. The van der Waals surface area contributed by atoms with Crippen LogP contribution in [0.2, 0.25) is 19.6 Å². The van der Waals surface area contributed by atoms with Crippen molar-refractivity contribution in [2.45, 2.75) is 38.4 Å². The molecule has 0 aromatic heterocycles. The number of amides is 1. The molecular weight excluding hydrogens is 286 g/mol. The van der Waals surface area contributed by atoms with E-state index < -0.39 is 8.07 Å². The van der Waals surface area contributed by atoms with Crippen molar-refractivity contribution in [3.63, 3.8) is 0 Å². The molecular formula is C19H27NOSi. The predicted molar refractivity (Wildman–Crippen MR) is 94.5 cm³/mol. The molecule has 0 N–H and O–H groups in total. The van der Waals surface area contributed by atoms with Gasteiger partial charge in [0.05, 0.1) is 14.0 Å². The van der Waals surface area contributed by atoms with E-state index in [9.17, 15) is 4.79 Å². The van der Waals surface area contributed by atoms with Crippen molar-refractivity contribution in [2.24, 2.45) is 11.8 Å². The van der Waals surface area contributed by atoms with E-state index in [1.54, 1.807) is 0 Å². The highest BCUT2D eigenvalue weighted by Gasteiger charge is 2.55. The molecule has 3 heteroatoms. The smallest absolute Gasteiger partial charge is 0.226 e. The number of carbonyl (C=O) groups excluding carboxylic acids is 1. The third kappa shape index (κ3) is 3.35. The van der Waals surface area contributed by atoms with Gasteiger partial charge in [-0.2, -0.15) is 0 Å². The van der Waals surface area contributed by atoms with Gasteiger partial charge < -0.3 is 4.90 Å². The van der Waals surface area contributed by atoms with Gasteiger partial charge in [-0.1, -0.05) is 61.7 Å². The van der Waals surface area contributed by atoms with Crippen molar-refractivity contribution >= 4 is 14.0 Å². The van der Waals surface area contributed by atoms with E-state index in [1.165, 1.54) is 18.4 Å². The summed E-state index contributed by atoms with van der Waals surface area (Å²) in [4.78, 5) is 14.9. The molecule has 0 bridgehead atoms. The van der Waals surface area contributed by atoms with Crippen molar-refractivity contribution < 1.29 is 4.79 Å². The fourth-order valence-electron chi connectivity index (χ4n) is 3.55. The Morgan fingerprint density at radius 2 is 1.77 bits per heavy atom. The molecule has 22 heavy (non-hydrogen) atoms. The van der Waals surface area contributed by atoms with Crippen LogP contribution in [0, 0.1) is 11.8 Å². The van der Waals surface area contributed by atoms with Gasteiger partial charge in [0.2, 0.25) is 5.91 Å². The summed E-state index contributed by atoms with van der Waals surface area (Å²) in [6.07, 6.45) is 4.69. The second-order valence-corrected chi connectivity index (χ2v) is 12.9. The molecule has 3 atom stereocenters. The van der Waals surface area contributed by atoms with Crippen molar-refractivity contribution in [1.82, 2.24) is 4.90 Å². The summed E-state index contributed by atoms with van der Waals surface area (Å²) in [7, 11) is -1.21. The SMILES string of the molecule is C[Si](C)(C)/C=C/C1[C@H](C(=O)N2CCCC2)[C@H]1c1ccccc1. The summed E-state index contributed by atoms with van der Waals surface area (Å²) < 4.78 is 0. The molecule has 118 valence electrons. The quantitative estimate of drug-likeness (QED) is 0.767. The van der Waals surface area contributed by atoms with Gasteiger partial charge in [0.1, 0.15) is 0 Å². The zero-order chi connectivity index (χ0) is 15.7. The zero-order valence-electron chi connectivity index (χ0n) is 14.0. The lowest BCUT2D eigenvalue weighted by Gasteiger charge is -2.15. The largest absolute Gasteiger partial charge is 0.342 e. The molecule has 2 aliphatic rings. The average Bonchev–Trinajstić information content (AvgIpc) is 2.93. The van der Waals surface area contributed by atoms with Crippen molar-refractivity contribution in [3.05, 3.63) is 47.7 Å². The van der Waals surface area contributed by atoms with Crippen LogP contribution in [0.4, 0.5) is 0 Å². The third-order valence-electron chi connectivity index (χ3n) is 4.78. The van der Waals surface area contributed by atoms with Crippen LogP contribution in [0.25, 0.3) is 0 Å². The molecule has 1 saturated heterocycles. The molecule has 1 heterocycles. The Hall–Kier alpha value is -1.35. The Labute approximate surface area is 135 Å². The monoisotopic (exact) mass is 313 g/mol. The number of allylic oxidation sites excluding steroid dienone is 1. The maximum absolute atomic E-state index is 12.8. The molecule has 1 aromatic carbocycles. The minimum Gasteiger partial charge on any atom is -0.342 e. The van der Waals surface area contributed by atoms with E-state index in [2.05, 4.69) is 66.6 Å². The Kier molecular flexibility index (Phi) is 4.26. The molecule has 1 saturated carbocycles. The van der Waals surface area contributed by atoms with Gasteiger partial charge in [-0.05, 0) is 24.3 Å². The van der Waals surface area contributed by atoms with E-state index in [0.717, 1.165) is 13.1 Å². The lowest BCUT2D eigenvalue weighted by molar-refractivity contribution is -0.131. The van der Waals surface area contributed by atoms with Crippen LogP contribution in [0.3, 0.4) is 0 Å². The van der Waals surface area contributed by atoms with Gasteiger partial charge in [0, 0.05) is 19.0 Å². The van der Waals surface area contributed by atoms with Crippen molar-refractivity contribution in [3.8, 4) is 0 Å². The van der Waals surface area contributed by atoms with Crippen LogP contribution in [0.5, 0.6) is 0 Å². The maximum atomic E-state index is 12.8. The van der Waals surface area contributed by atoms with Crippen LogP contribution >= 0.6 is 0 Å². The Morgan fingerprint density at radius 1 is 1.14 bits per heavy atom. The Morgan fingerprint density at radius 3 is 2.36 bits per heavy atom. The number of nitrogens with zero attached hydrogens (tertiary/aromatic N) is 1. The normalized spacial score (nSPS) is 28.3. The number of likely N-dealkylation sites (tertiary alicyclic amines) is 1. The second-order valence-electron chi connectivity index (χ2n) is 7.80. The van der Waals surface area contributed by atoms with Gasteiger partial charge in [-0.25, -0.2) is 0 Å². The maximum Gasteiger partial charge on any atom is 0.226 e. The Balaban J connectivity index is 1.79. The molecule has 1 aromatic rings. The second kappa shape index (κ2) is 6.03. The number of hydrogen-bond acceptors (Lipinski definition) is 1. The highest BCUT2D eigenvalue weighted by molar-refractivity contribution is 6.80. The van der Waals surface area contributed by atoms with E-state index in [-0.39, 0.29) is 5.92 Å². The fraction of sp³-hybridized carbons (Fsp3) is 0.526. The lowest BCUT2D eigenvalue weighted by atomic mass is 10.1. The van der Waals surface area contributed by atoms with Crippen LogP contribution in [0.15, 0.2) is 42.1 Å². The summed E-state index contributed by atoms with van der Waals surface area (Å²) in [5.74, 6) is 1.36. The number of benzene rings is 1. The van der Waals surface area contributed by atoms with Crippen molar-refractivity contribution in [1.29, 1.82) is 0 Å². The van der Waals surface area contributed by atoms with Gasteiger partial charge in [-0.3, -0.25) is 4.79 Å². The lowest BCUT2D eigenvalue weighted by Crippen LogP contribution is -2.29. The molecule has 0 spiro atoms. The van der Waals surface area contributed by atoms with Crippen LogP contribution in [-0.4, -0.2) is 32.0 Å². The summed E-state index contributed by atoms with van der Waals surface area (Å²) in [6, 6.07) is 10.6. The molecule has 1 amide bonds. The van der Waals surface area contributed by atoms with E-state index >= 15 is 0 Å². The number of hydrogen-bond donors (Lipinski definition) is 0. The van der Waals surface area contributed by atoms with Gasteiger partial charge in [0.15, 0.2) is 0 Å². The minimum atomic E-state index is -1.21. The summed E-state index contributed by atoms with van der Waals surface area (Å²) in [5, 5.41) is 0.